The van der Waals surface area contributed by atoms with Crippen LogP contribution in [0.15, 0.2) is 36.8 Å². The Morgan fingerprint density at radius 2 is 1.88 bits per heavy atom. The second-order valence-corrected chi connectivity index (χ2v) is 5.52. The number of hydrogen-bond donors (Lipinski definition) is 0. The molecule has 3 aromatic rings. The van der Waals surface area contributed by atoms with Crippen molar-refractivity contribution >= 4 is 11.6 Å². The minimum absolute atomic E-state index is 0.145. The third kappa shape index (κ3) is 2.70. The van der Waals surface area contributed by atoms with Crippen LogP contribution in [-0.2, 0) is 0 Å². The van der Waals surface area contributed by atoms with Gasteiger partial charge in [0.15, 0.2) is 0 Å². The molecule has 0 aliphatic heterocycles. The lowest BCUT2D eigenvalue weighted by Crippen LogP contribution is -2.23. The number of fused-ring (bicyclic) bond motifs is 1. The first-order valence-electron chi connectivity index (χ1n) is 7.07. The molecule has 0 saturated carbocycles. The van der Waals surface area contributed by atoms with E-state index >= 15 is 0 Å². The number of rotatable bonds is 4. The molecule has 3 rings (SSSR count). The van der Waals surface area contributed by atoms with E-state index in [1.165, 1.54) is 17.0 Å². The highest BCUT2D eigenvalue weighted by atomic mass is 19.1. The van der Waals surface area contributed by atoms with Gasteiger partial charge in [0.2, 0.25) is 0 Å². The van der Waals surface area contributed by atoms with Crippen molar-refractivity contribution < 1.29 is 13.2 Å². The minimum Gasteiger partial charge on any atom is -0.355 e. The Bertz CT molecular complexity index is 912. The zero-order valence-electron chi connectivity index (χ0n) is 13.1. The van der Waals surface area contributed by atoms with Crippen LogP contribution in [0.25, 0.3) is 16.9 Å². The van der Waals surface area contributed by atoms with Crippen molar-refractivity contribution in [3.63, 3.8) is 0 Å². The molecule has 0 fully saturated rings. The van der Waals surface area contributed by atoms with Gasteiger partial charge < -0.3 is 4.90 Å². The van der Waals surface area contributed by atoms with Gasteiger partial charge >= 0.3 is 0 Å². The van der Waals surface area contributed by atoms with Gasteiger partial charge in [0.25, 0.3) is 5.78 Å². The molecule has 0 radical (unpaired) electrons. The van der Waals surface area contributed by atoms with Crippen molar-refractivity contribution in [3.05, 3.63) is 54.3 Å². The molecule has 0 N–H and O–H groups in total. The van der Waals surface area contributed by atoms with Gasteiger partial charge in [-0.3, -0.25) is 0 Å². The second-order valence-electron chi connectivity index (χ2n) is 5.52. The van der Waals surface area contributed by atoms with Crippen LogP contribution in [0.2, 0.25) is 0 Å². The van der Waals surface area contributed by atoms with Crippen LogP contribution in [-0.4, -0.2) is 33.2 Å². The molecule has 0 bridgehead atoms. The predicted molar refractivity (Wildman–Crippen MR) is 84.2 cm³/mol. The minimum atomic E-state index is -1.02. The third-order valence-corrected chi connectivity index (χ3v) is 3.43. The number of aromatic nitrogens is 4. The van der Waals surface area contributed by atoms with Gasteiger partial charge in [-0.25, -0.2) is 18.2 Å². The number of benzene rings is 1. The van der Waals surface area contributed by atoms with Crippen molar-refractivity contribution in [2.75, 3.05) is 18.5 Å². The standard InChI is InChI=1S/C16H14F3N5/c1-9(2)7-23(3)15-11(6-20-16-21-8-22-24(15)16)14-12(18)4-10(17)5-13(14)19/h4-6,8H,1,7H2,2-3H3. The van der Waals surface area contributed by atoms with E-state index in [1.807, 2.05) is 6.92 Å². The number of likely N-dealkylation sites (N-methyl/N-ethyl adjacent to an activating group) is 1. The topological polar surface area (TPSA) is 46.3 Å². The van der Waals surface area contributed by atoms with Gasteiger partial charge in [-0.05, 0) is 6.92 Å². The van der Waals surface area contributed by atoms with Crippen molar-refractivity contribution in [3.8, 4) is 11.1 Å². The number of hydrogen-bond acceptors (Lipinski definition) is 4. The molecule has 0 aliphatic rings. The number of anilines is 1. The third-order valence-electron chi connectivity index (χ3n) is 3.43. The van der Waals surface area contributed by atoms with Crippen molar-refractivity contribution in [1.82, 2.24) is 19.6 Å². The van der Waals surface area contributed by atoms with Crippen LogP contribution in [0.3, 0.4) is 0 Å². The molecular weight excluding hydrogens is 319 g/mol. The van der Waals surface area contributed by atoms with Gasteiger partial charge in [-0.2, -0.15) is 14.6 Å². The highest BCUT2D eigenvalue weighted by Crippen LogP contribution is 2.34. The molecule has 0 saturated heterocycles. The molecule has 0 spiro atoms. The first-order chi connectivity index (χ1) is 11.4. The summed E-state index contributed by atoms with van der Waals surface area (Å²) in [6.07, 6.45) is 2.59. The maximum Gasteiger partial charge on any atom is 0.254 e. The normalized spacial score (nSPS) is 11.0. The SMILES string of the molecule is C=C(C)CN(C)c1c(-c2c(F)cc(F)cc2F)cnc2ncnn12. The van der Waals surface area contributed by atoms with Gasteiger partial charge in [-0.15, -0.1) is 0 Å². The zero-order valence-corrected chi connectivity index (χ0v) is 13.1. The average molecular weight is 333 g/mol. The van der Waals surface area contributed by atoms with Crippen LogP contribution >= 0.6 is 0 Å². The van der Waals surface area contributed by atoms with E-state index < -0.39 is 17.5 Å². The first-order valence-corrected chi connectivity index (χ1v) is 7.07. The molecule has 5 nitrogen and oxygen atoms in total. The first kappa shape index (κ1) is 16.0. The van der Waals surface area contributed by atoms with E-state index in [4.69, 9.17) is 0 Å². The van der Waals surface area contributed by atoms with E-state index in [0.29, 0.717) is 24.5 Å². The van der Waals surface area contributed by atoms with Gasteiger partial charge in [0, 0.05) is 37.5 Å². The molecule has 124 valence electrons. The molecule has 0 atom stereocenters. The van der Waals surface area contributed by atoms with E-state index in [0.717, 1.165) is 5.57 Å². The molecule has 8 heteroatoms. The fourth-order valence-electron chi connectivity index (χ4n) is 2.59. The Hall–Kier alpha value is -2.90. The summed E-state index contributed by atoms with van der Waals surface area (Å²) in [7, 11) is 1.73. The van der Waals surface area contributed by atoms with E-state index in [9.17, 15) is 13.2 Å². The summed E-state index contributed by atoms with van der Waals surface area (Å²) in [5, 5.41) is 4.06. The predicted octanol–water partition coefficient (Wildman–Crippen LogP) is 3.22. The molecule has 24 heavy (non-hydrogen) atoms. The molecule has 0 amide bonds. The van der Waals surface area contributed by atoms with Gasteiger partial charge in [0.1, 0.15) is 29.6 Å². The summed E-state index contributed by atoms with van der Waals surface area (Å²) in [6, 6.07) is 1.26. The quantitative estimate of drug-likeness (QED) is 0.688. The largest absolute Gasteiger partial charge is 0.355 e. The highest BCUT2D eigenvalue weighted by molar-refractivity contribution is 5.77. The van der Waals surface area contributed by atoms with E-state index in [1.54, 1.807) is 11.9 Å². The van der Waals surface area contributed by atoms with Gasteiger partial charge in [-0.1, -0.05) is 12.2 Å². The van der Waals surface area contributed by atoms with Gasteiger partial charge in [0.05, 0.1) is 5.56 Å². The van der Waals surface area contributed by atoms with Crippen molar-refractivity contribution in [2.45, 2.75) is 6.92 Å². The fraction of sp³-hybridized carbons (Fsp3) is 0.188. The lowest BCUT2D eigenvalue weighted by molar-refractivity contribution is 0.547. The Labute approximate surface area is 136 Å². The highest BCUT2D eigenvalue weighted by Gasteiger charge is 2.22. The molecule has 1 aromatic carbocycles. The van der Waals surface area contributed by atoms with Crippen molar-refractivity contribution in [1.29, 1.82) is 0 Å². The Morgan fingerprint density at radius 3 is 2.50 bits per heavy atom. The summed E-state index contributed by atoms with van der Waals surface area (Å²) in [4.78, 5) is 9.76. The monoisotopic (exact) mass is 333 g/mol. The maximum atomic E-state index is 14.2. The van der Waals surface area contributed by atoms with Crippen LogP contribution < -0.4 is 4.90 Å². The summed E-state index contributed by atoms with van der Waals surface area (Å²) >= 11 is 0. The smallest absolute Gasteiger partial charge is 0.254 e. The molecular formula is C16H14F3N5. The lowest BCUT2D eigenvalue weighted by atomic mass is 10.1. The zero-order chi connectivity index (χ0) is 17.4. The Balaban J connectivity index is 2.30. The molecule has 0 aliphatic carbocycles. The van der Waals surface area contributed by atoms with E-state index in [-0.39, 0.29) is 16.9 Å². The van der Waals surface area contributed by atoms with Crippen LogP contribution in [0.5, 0.6) is 0 Å². The van der Waals surface area contributed by atoms with E-state index in [2.05, 4.69) is 21.6 Å². The fourth-order valence-corrected chi connectivity index (χ4v) is 2.59. The average Bonchev–Trinajstić information content (AvgIpc) is 2.93. The lowest BCUT2D eigenvalue weighted by Gasteiger charge is -2.23. The number of halogens is 3. The Morgan fingerprint density at radius 1 is 1.21 bits per heavy atom. The Kier molecular flexibility index (Phi) is 3.96. The van der Waals surface area contributed by atoms with Crippen molar-refractivity contribution in [2.24, 2.45) is 0 Å². The number of nitrogens with zero attached hydrogens (tertiary/aromatic N) is 5. The van der Waals surface area contributed by atoms with Crippen LogP contribution in [0, 0.1) is 17.5 Å². The second kappa shape index (κ2) is 5.95. The molecule has 0 unspecified atom stereocenters. The summed E-state index contributed by atoms with van der Waals surface area (Å²) < 4.78 is 43.1. The summed E-state index contributed by atoms with van der Waals surface area (Å²) in [5.41, 5.74) is 0.616. The molecule has 2 aromatic heterocycles. The molecule has 2 heterocycles. The maximum absolute atomic E-state index is 14.2. The van der Waals surface area contributed by atoms with Crippen LogP contribution in [0.4, 0.5) is 19.0 Å². The van der Waals surface area contributed by atoms with Crippen LogP contribution in [0.1, 0.15) is 6.92 Å². The summed E-state index contributed by atoms with van der Waals surface area (Å²) in [5.74, 6) is -2.35. The summed E-state index contributed by atoms with van der Waals surface area (Å²) in [6.45, 7) is 6.09.